The number of hydrogen-bond donors (Lipinski definition) is 0. The Kier molecular flexibility index (Phi) is 3.96. The summed E-state index contributed by atoms with van der Waals surface area (Å²) in [6.07, 6.45) is 1.51. The van der Waals surface area contributed by atoms with E-state index in [0.29, 0.717) is 38.3 Å². The predicted octanol–water partition coefficient (Wildman–Crippen LogP) is 4.93. The second-order valence-corrected chi connectivity index (χ2v) is 5.46. The van der Waals surface area contributed by atoms with Crippen molar-refractivity contribution in [2.75, 3.05) is 0 Å². The lowest BCUT2D eigenvalue weighted by Crippen LogP contribution is -1.93. The Labute approximate surface area is 136 Å². The molecule has 3 aromatic rings. The van der Waals surface area contributed by atoms with Crippen molar-refractivity contribution in [3.8, 4) is 11.6 Å². The number of aromatic nitrogens is 2. The van der Waals surface area contributed by atoms with E-state index in [1.165, 1.54) is 13.1 Å². The maximum Gasteiger partial charge on any atom is 0.238 e. The number of ketones is 1. The molecular formula is C16H10Cl2N2O2. The summed E-state index contributed by atoms with van der Waals surface area (Å²) in [6.45, 7) is 1.51. The molecule has 3 rings (SSSR count). The molecule has 0 fully saturated rings. The van der Waals surface area contributed by atoms with E-state index in [-0.39, 0.29) is 5.78 Å². The normalized spacial score (nSPS) is 10.7. The van der Waals surface area contributed by atoms with Crippen molar-refractivity contribution >= 4 is 40.0 Å². The van der Waals surface area contributed by atoms with Gasteiger partial charge < -0.3 is 4.74 Å². The molecule has 0 aliphatic heterocycles. The van der Waals surface area contributed by atoms with Crippen LogP contribution in [0.2, 0.25) is 10.0 Å². The molecule has 4 nitrogen and oxygen atoms in total. The Hall–Kier alpha value is -2.17. The topological polar surface area (TPSA) is 52.1 Å². The van der Waals surface area contributed by atoms with Crippen LogP contribution in [0.1, 0.15) is 17.3 Å². The van der Waals surface area contributed by atoms with Gasteiger partial charge in [-0.2, -0.15) is 0 Å². The molecule has 0 N–H and O–H groups in total. The average molecular weight is 333 g/mol. The van der Waals surface area contributed by atoms with E-state index in [9.17, 15) is 4.79 Å². The Morgan fingerprint density at radius 2 is 1.68 bits per heavy atom. The fourth-order valence-corrected chi connectivity index (χ4v) is 2.23. The Bertz CT molecular complexity index is 864. The first-order valence-electron chi connectivity index (χ1n) is 6.43. The summed E-state index contributed by atoms with van der Waals surface area (Å²) in [6, 6.07) is 10.1. The molecule has 0 unspecified atom stereocenters. The van der Waals surface area contributed by atoms with Gasteiger partial charge in [0.05, 0.1) is 27.3 Å². The lowest BCUT2D eigenvalue weighted by atomic mass is 10.1. The van der Waals surface area contributed by atoms with Gasteiger partial charge in [0.15, 0.2) is 5.78 Å². The second kappa shape index (κ2) is 5.91. The van der Waals surface area contributed by atoms with Gasteiger partial charge in [-0.05, 0) is 43.3 Å². The van der Waals surface area contributed by atoms with Crippen molar-refractivity contribution in [1.82, 2.24) is 9.97 Å². The van der Waals surface area contributed by atoms with Gasteiger partial charge in [0, 0.05) is 5.56 Å². The van der Waals surface area contributed by atoms with Gasteiger partial charge >= 0.3 is 0 Å². The summed E-state index contributed by atoms with van der Waals surface area (Å²) < 4.78 is 5.63. The van der Waals surface area contributed by atoms with E-state index in [4.69, 9.17) is 27.9 Å². The van der Waals surface area contributed by atoms with Crippen LogP contribution in [0.15, 0.2) is 42.6 Å². The number of carbonyl (C=O) groups excluding carboxylic acids is 1. The van der Waals surface area contributed by atoms with E-state index < -0.39 is 0 Å². The molecule has 0 amide bonds. The zero-order valence-electron chi connectivity index (χ0n) is 11.5. The van der Waals surface area contributed by atoms with Gasteiger partial charge in [0.2, 0.25) is 5.88 Å². The molecule has 0 saturated heterocycles. The highest BCUT2D eigenvalue weighted by Crippen LogP contribution is 2.28. The Balaban J connectivity index is 1.90. The van der Waals surface area contributed by atoms with Crippen molar-refractivity contribution < 1.29 is 9.53 Å². The molecule has 22 heavy (non-hydrogen) atoms. The maximum absolute atomic E-state index is 11.2. The first-order chi connectivity index (χ1) is 10.5. The second-order valence-electron chi connectivity index (χ2n) is 4.65. The first-order valence-corrected chi connectivity index (χ1v) is 7.19. The Morgan fingerprint density at radius 1 is 1.05 bits per heavy atom. The monoisotopic (exact) mass is 332 g/mol. The fourth-order valence-electron chi connectivity index (χ4n) is 1.92. The number of fused-ring (bicyclic) bond motifs is 1. The van der Waals surface area contributed by atoms with Crippen LogP contribution < -0.4 is 4.74 Å². The third kappa shape index (κ3) is 3.03. The van der Waals surface area contributed by atoms with Gasteiger partial charge in [0.1, 0.15) is 5.75 Å². The first kappa shape index (κ1) is 14.8. The highest BCUT2D eigenvalue weighted by Gasteiger charge is 2.07. The summed E-state index contributed by atoms with van der Waals surface area (Å²) in [7, 11) is 0. The van der Waals surface area contributed by atoms with Gasteiger partial charge in [0.25, 0.3) is 0 Å². The van der Waals surface area contributed by atoms with Crippen LogP contribution >= 0.6 is 23.2 Å². The fraction of sp³-hybridized carbons (Fsp3) is 0.0625. The molecular weight excluding hydrogens is 323 g/mol. The van der Waals surface area contributed by atoms with Crippen LogP contribution in [0.25, 0.3) is 11.0 Å². The molecule has 6 heteroatoms. The summed E-state index contributed by atoms with van der Waals surface area (Å²) >= 11 is 11.9. The van der Waals surface area contributed by atoms with Crippen molar-refractivity contribution in [2.24, 2.45) is 0 Å². The number of Topliss-reactive ketones (excluding diaryl/α,β-unsaturated/α-hetero) is 1. The number of rotatable bonds is 3. The molecule has 0 aliphatic carbocycles. The molecule has 1 heterocycles. The third-order valence-corrected chi connectivity index (χ3v) is 3.77. The summed E-state index contributed by atoms with van der Waals surface area (Å²) in [5.74, 6) is 0.906. The van der Waals surface area contributed by atoms with Gasteiger partial charge in [-0.3, -0.25) is 4.79 Å². The molecule has 110 valence electrons. The lowest BCUT2D eigenvalue weighted by molar-refractivity contribution is 0.101. The third-order valence-electron chi connectivity index (χ3n) is 3.05. The summed E-state index contributed by atoms with van der Waals surface area (Å²) in [4.78, 5) is 19.8. The molecule has 0 aliphatic rings. The predicted molar refractivity (Wildman–Crippen MR) is 86.1 cm³/mol. The standard InChI is InChI=1S/C16H10Cl2N2O2/c1-9(21)10-2-4-11(5-3-10)22-16-8-19-14-6-12(17)13(18)7-15(14)20-16/h2-8H,1H3. The zero-order chi connectivity index (χ0) is 15.7. The quantitative estimate of drug-likeness (QED) is 0.638. The van der Waals surface area contributed by atoms with Crippen LogP contribution in [0.5, 0.6) is 11.6 Å². The molecule has 0 saturated carbocycles. The van der Waals surface area contributed by atoms with Crippen molar-refractivity contribution in [2.45, 2.75) is 6.92 Å². The average Bonchev–Trinajstić information content (AvgIpc) is 2.49. The van der Waals surface area contributed by atoms with Gasteiger partial charge in [-0.15, -0.1) is 0 Å². The van der Waals surface area contributed by atoms with Crippen molar-refractivity contribution in [1.29, 1.82) is 0 Å². The van der Waals surface area contributed by atoms with Crippen LogP contribution in [0, 0.1) is 0 Å². The number of hydrogen-bond acceptors (Lipinski definition) is 4. The van der Waals surface area contributed by atoms with E-state index in [1.54, 1.807) is 36.4 Å². The van der Waals surface area contributed by atoms with Crippen LogP contribution in [0.3, 0.4) is 0 Å². The Morgan fingerprint density at radius 3 is 2.32 bits per heavy atom. The van der Waals surface area contributed by atoms with Gasteiger partial charge in [-0.1, -0.05) is 23.2 Å². The molecule has 0 spiro atoms. The van der Waals surface area contributed by atoms with Crippen LogP contribution in [-0.2, 0) is 0 Å². The number of nitrogens with zero attached hydrogens (tertiary/aromatic N) is 2. The minimum absolute atomic E-state index is 0.00330. The van der Waals surface area contributed by atoms with Gasteiger partial charge in [-0.25, -0.2) is 9.97 Å². The van der Waals surface area contributed by atoms with E-state index >= 15 is 0 Å². The minimum atomic E-state index is 0.00330. The SMILES string of the molecule is CC(=O)c1ccc(Oc2cnc3cc(Cl)c(Cl)cc3n2)cc1. The molecule has 2 aromatic carbocycles. The highest BCUT2D eigenvalue weighted by atomic mass is 35.5. The minimum Gasteiger partial charge on any atom is -0.437 e. The van der Waals surface area contributed by atoms with Crippen molar-refractivity contribution in [3.05, 3.63) is 58.2 Å². The molecule has 0 atom stereocenters. The number of benzene rings is 2. The number of ether oxygens (including phenoxy) is 1. The lowest BCUT2D eigenvalue weighted by Gasteiger charge is -2.06. The zero-order valence-corrected chi connectivity index (χ0v) is 13.0. The largest absolute Gasteiger partial charge is 0.437 e. The number of carbonyl (C=O) groups is 1. The van der Waals surface area contributed by atoms with Crippen LogP contribution in [0.4, 0.5) is 0 Å². The maximum atomic E-state index is 11.2. The van der Waals surface area contributed by atoms with Crippen LogP contribution in [-0.4, -0.2) is 15.8 Å². The number of halogens is 2. The van der Waals surface area contributed by atoms with E-state index in [2.05, 4.69) is 9.97 Å². The van der Waals surface area contributed by atoms with Crippen molar-refractivity contribution in [3.63, 3.8) is 0 Å². The molecule has 0 radical (unpaired) electrons. The smallest absolute Gasteiger partial charge is 0.238 e. The molecule has 0 bridgehead atoms. The van der Waals surface area contributed by atoms with E-state index in [0.717, 1.165) is 0 Å². The van der Waals surface area contributed by atoms with E-state index in [1.807, 2.05) is 0 Å². The molecule has 1 aromatic heterocycles. The highest BCUT2D eigenvalue weighted by molar-refractivity contribution is 6.42. The summed E-state index contributed by atoms with van der Waals surface area (Å²) in [5.41, 5.74) is 1.85. The summed E-state index contributed by atoms with van der Waals surface area (Å²) in [5, 5.41) is 0.836.